The Hall–Kier alpha value is -1.75. The number of aryl methyl sites for hydroxylation is 1. The summed E-state index contributed by atoms with van der Waals surface area (Å²) >= 11 is 5.91. The molecule has 0 unspecified atom stereocenters. The van der Waals surface area contributed by atoms with Crippen LogP contribution in [0, 0.1) is 12.8 Å². The van der Waals surface area contributed by atoms with Crippen LogP contribution in [0.25, 0.3) is 0 Å². The first-order valence-electron chi connectivity index (χ1n) is 6.88. The van der Waals surface area contributed by atoms with E-state index in [4.69, 9.17) is 21.4 Å². The van der Waals surface area contributed by atoms with Crippen LogP contribution in [0.15, 0.2) is 18.2 Å². The minimum absolute atomic E-state index is 0.135. The highest BCUT2D eigenvalue weighted by Crippen LogP contribution is 2.26. The molecule has 0 aromatic heterocycles. The summed E-state index contributed by atoms with van der Waals surface area (Å²) in [4.78, 5) is 22.9. The molecule has 0 heterocycles. The molecule has 2 atom stereocenters. The summed E-state index contributed by atoms with van der Waals surface area (Å²) in [7, 11) is 0. The van der Waals surface area contributed by atoms with Crippen molar-refractivity contribution in [3.63, 3.8) is 0 Å². The molecule has 0 aliphatic heterocycles. The highest BCUT2D eigenvalue weighted by molar-refractivity contribution is 6.31. The molecule has 1 aromatic carbocycles. The number of halogens is 1. The Balaban J connectivity index is 1.84. The zero-order valence-corrected chi connectivity index (χ0v) is 12.5. The Morgan fingerprint density at radius 1 is 1.43 bits per heavy atom. The van der Waals surface area contributed by atoms with Gasteiger partial charge in [-0.25, -0.2) is 0 Å². The number of benzene rings is 1. The van der Waals surface area contributed by atoms with Crippen molar-refractivity contribution in [2.45, 2.75) is 32.2 Å². The van der Waals surface area contributed by atoms with Gasteiger partial charge >= 0.3 is 5.97 Å². The predicted octanol–water partition coefficient (Wildman–Crippen LogP) is 2.40. The molecule has 0 spiro atoms. The monoisotopic (exact) mass is 311 g/mol. The molecular weight excluding hydrogens is 294 g/mol. The van der Waals surface area contributed by atoms with Crippen molar-refractivity contribution < 1.29 is 19.4 Å². The number of carbonyl (C=O) groups excluding carboxylic acids is 1. The molecule has 2 rings (SSSR count). The minimum atomic E-state index is -0.855. The Labute approximate surface area is 128 Å². The van der Waals surface area contributed by atoms with Crippen molar-refractivity contribution in [1.29, 1.82) is 0 Å². The van der Waals surface area contributed by atoms with Gasteiger partial charge in [-0.05, 0) is 43.5 Å². The van der Waals surface area contributed by atoms with Crippen LogP contribution in [0.5, 0.6) is 5.75 Å². The second-order valence-corrected chi connectivity index (χ2v) is 5.66. The van der Waals surface area contributed by atoms with Crippen molar-refractivity contribution in [3.05, 3.63) is 28.8 Å². The molecule has 2 N–H and O–H groups in total. The molecule has 6 heteroatoms. The largest absolute Gasteiger partial charge is 0.484 e. The normalized spacial score (nSPS) is 21.0. The van der Waals surface area contributed by atoms with Crippen molar-refractivity contribution >= 4 is 23.5 Å². The Morgan fingerprint density at radius 2 is 2.19 bits per heavy atom. The molecule has 1 fully saturated rings. The number of carboxylic acid groups (broad SMARTS) is 1. The average Bonchev–Trinajstić information content (AvgIpc) is 2.88. The molecule has 21 heavy (non-hydrogen) atoms. The number of ether oxygens (including phenoxy) is 1. The second kappa shape index (κ2) is 6.80. The number of hydrogen-bond donors (Lipinski definition) is 2. The molecule has 114 valence electrons. The maximum atomic E-state index is 11.8. The lowest BCUT2D eigenvalue weighted by Gasteiger charge is -2.17. The number of nitrogens with one attached hydrogen (secondary N) is 1. The van der Waals surface area contributed by atoms with Crippen LogP contribution in [0.2, 0.25) is 5.02 Å². The molecule has 1 aromatic rings. The fourth-order valence-electron chi connectivity index (χ4n) is 2.53. The molecule has 1 aliphatic carbocycles. The van der Waals surface area contributed by atoms with E-state index in [1.807, 2.05) is 6.92 Å². The van der Waals surface area contributed by atoms with Crippen LogP contribution in [-0.4, -0.2) is 29.6 Å². The van der Waals surface area contributed by atoms with Crippen molar-refractivity contribution in [3.8, 4) is 5.75 Å². The van der Waals surface area contributed by atoms with E-state index in [0.717, 1.165) is 12.0 Å². The first kappa shape index (κ1) is 15.6. The maximum absolute atomic E-state index is 11.8. The number of amides is 1. The Kier molecular flexibility index (Phi) is 5.07. The topological polar surface area (TPSA) is 75.6 Å². The molecule has 5 nitrogen and oxygen atoms in total. The summed E-state index contributed by atoms with van der Waals surface area (Å²) in [5.41, 5.74) is 0.872. The quantitative estimate of drug-likeness (QED) is 0.875. The third kappa shape index (κ3) is 4.11. The smallest absolute Gasteiger partial charge is 0.308 e. The van der Waals surface area contributed by atoms with Crippen molar-refractivity contribution in [1.82, 2.24) is 5.32 Å². The second-order valence-electron chi connectivity index (χ2n) is 5.25. The number of hydrogen-bond acceptors (Lipinski definition) is 3. The molecule has 1 aliphatic rings. The SMILES string of the molecule is Cc1cc(OCC(=O)N[C@@H]2CCC[C@@H]2C(=O)O)ccc1Cl. The standard InChI is InChI=1S/C15H18ClNO4/c1-9-7-10(5-6-12(9)16)21-8-14(18)17-13-4-2-3-11(13)15(19)20/h5-7,11,13H,2-4,8H2,1H3,(H,17,18)(H,19,20)/t11-,13+/m0/s1. The first-order valence-corrected chi connectivity index (χ1v) is 7.26. The van der Waals surface area contributed by atoms with E-state index in [1.54, 1.807) is 18.2 Å². The van der Waals surface area contributed by atoms with E-state index in [9.17, 15) is 9.59 Å². The van der Waals surface area contributed by atoms with Gasteiger partial charge < -0.3 is 15.2 Å². The third-order valence-corrected chi connectivity index (χ3v) is 4.10. The zero-order valence-electron chi connectivity index (χ0n) is 11.8. The van der Waals surface area contributed by atoms with E-state index in [2.05, 4.69) is 5.32 Å². The van der Waals surface area contributed by atoms with Crippen LogP contribution >= 0.6 is 11.6 Å². The number of rotatable bonds is 5. The van der Waals surface area contributed by atoms with Gasteiger partial charge in [-0.2, -0.15) is 0 Å². The fourth-order valence-corrected chi connectivity index (χ4v) is 2.65. The predicted molar refractivity (Wildman–Crippen MR) is 78.6 cm³/mol. The molecular formula is C15H18ClNO4. The summed E-state index contributed by atoms with van der Waals surface area (Å²) < 4.78 is 5.39. The van der Waals surface area contributed by atoms with E-state index >= 15 is 0 Å². The summed E-state index contributed by atoms with van der Waals surface area (Å²) in [5, 5.41) is 12.4. The molecule has 0 saturated heterocycles. The third-order valence-electron chi connectivity index (χ3n) is 3.68. The van der Waals surface area contributed by atoms with Gasteiger partial charge in [0.25, 0.3) is 5.91 Å². The Morgan fingerprint density at radius 3 is 2.86 bits per heavy atom. The van der Waals surface area contributed by atoms with Gasteiger partial charge in [0, 0.05) is 11.1 Å². The van der Waals surface area contributed by atoms with Crippen LogP contribution in [0.3, 0.4) is 0 Å². The van der Waals surface area contributed by atoms with Crippen molar-refractivity contribution in [2.75, 3.05) is 6.61 Å². The van der Waals surface area contributed by atoms with Crippen LogP contribution in [-0.2, 0) is 9.59 Å². The van der Waals surface area contributed by atoms with E-state index < -0.39 is 11.9 Å². The number of aliphatic carboxylic acids is 1. The van der Waals surface area contributed by atoms with E-state index in [1.165, 1.54) is 0 Å². The maximum Gasteiger partial charge on any atom is 0.308 e. The van der Waals surface area contributed by atoms with Crippen LogP contribution in [0.4, 0.5) is 0 Å². The van der Waals surface area contributed by atoms with E-state index in [-0.39, 0.29) is 18.6 Å². The van der Waals surface area contributed by atoms with Crippen LogP contribution in [0.1, 0.15) is 24.8 Å². The highest BCUT2D eigenvalue weighted by Gasteiger charge is 2.33. The van der Waals surface area contributed by atoms with Gasteiger partial charge in [-0.15, -0.1) is 0 Å². The molecule has 1 amide bonds. The van der Waals surface area contributed by atoms with E-state index in [0.29, 0.717) is 23.6 Å². The molecule has 1 saturated carbocycles. The van der Waals surface area contributed by atoms with Gasteiger partial charge in [0.2, 0.25) is 0 Å². The zero-order chi connectivity index (χ0) is 15.4. The molecule has 0 bridgehead atoms. The van der Waals surface area contributed by atoms with Gasteiger partial charge in [0.1, 0.15) is 5.75 Å². The first-order chi connectivity index (χ1) is 9.97. The summed E-state index contributed by atoms with van der Waals surface area (Å²) in [6.45, 7) is 1.72. The lowest BCUT2D eigenvalue weighted by atomic mass is 10.0. The minimum Gasteiger partial charge on any atom is -0.484 e. The van der Waals surface area contributed by atoms with Gasteiger partial charge in [-0.3, -0.25) is 9.59 Å². The average molecular weight is 312 g/mol. The summed E-state index contributed by atoms with van der Waals surface area (Å²) in [5.74, 6) is -1.09. The fraction of sp³-hybridized carbons (Fsp3) is 0.467. The number of carboxylic acids is 1. The number of carbonyl (C=O) groups is 2. The van der Waals surface area contributed by atoms with Gasteiger partial charge in [-0.1, -0.05) is 18.0 Å². The Bertz CT molecular complexity index is 546. The lowest BCUT2D eigenvalue weighted by Crippen LogP contribution is -2.42. The highest BCUT2D eigenvalue weighted by atomic mass is 35.5. The summed E-state index contributed by atoms with van der Waals surface area (Å²) in [6, 6.07) is 4.86. The van der Waals surface area contributed by atoms with Crippen molar-refractivity contribution in [2.24, 2.45) is 5.92 Å². The lowest BCUT2D eigenvalue weighted by molar-refractivity contribution is -0.142. The van der Waals surface area contributed by atoms with Gasteiger partial charge in [0.05, 0.1) is 5.92 Å². The van der Waals surface area contributed by atoms with Gasteiger partial charge in [0.15, 0.2) is 6.61 Å². The van der Waals surface area contributed by atoms with Crippen LogP contribution < -0.4 is 10.1 Å². The molecule has 0 radical (unpaired) electrons. The summed E-state index contributed by atoms with van der Waals surface area (Å²) in [6.07, 6.45) is 2.12.